The van der Waals surface area contributed by atoms with Crippen molar-refractivity contribution in [3.05, 3.63) is 0 Å². The summed E-state index contributed by atoms with van der Waals surface area (Å²) in [6, 6.07) is 0. The molecule has 0 radical (unpaired) electrons. The number of ether oxygens (including phenoxy) is 1. The maximum Gasteiger partial charge on any atom is 0.396 e. The zero-order chi connectivity index (χ0) is 15.6. The quantitative estimate of drug-likeness (QED) is 0.139. The molecule has 0 rings (SSSR count). The fraction of sp³-hybridized carbons (Fsp3) is 0.900. The minimum atomic E-state index is -3.05. The summed E-state index contributed by atoms with van der Waals surface area (Å²) < 4.78 is 27.3. The molecule has 0 aromatic rings. The Kier molecular flexibility index (Phi) is 11.1. The molecule has 0 saturated carbocycles. The number of carbonyl (C=O) groups excluding carboxylic acids is 1. The smallest absolute Gasteiger partial charge is 0.396 e. The topological polar surface area (TPSA) is 86.3 Å². The maximum absolute atomic E-state index is 12.4. The molecule has 0 heterocycles. The van der Waals surface area contributed by atoms with Crippen molar-refractivity contribution in [2.45, 2.75) is 25.5 Å². The summed E-state index contributed by atoms with van der Waals surface area (Å²) in [5, 5.41) is -0.971. The molecular weight excluding hydrogens is 327 g/mol. The van der Waals surface area contributed by atoms with Crippen molar-refractivity contribution in [2.24, 2.45) is 0 Å². The van der Waals surface area contributed by atoms with Gasteiger partial charge in [-0.25, -0.2) is 14.6 Å². The van der Waals surface area contributed by atoms with E-state index in [1.165, 1.54) is 14.2 Å². The standard InChI is InChI=1S/C10H21O7PS2/c1-5-15-10(11)9(7-8-17-16-6-2)20(12)18(19,13-3)14-4/h9H,5-8H2,1-4H3. The minimum Gasteiger partial charge on any atom is -0.610 e. The highest BCUT2D eigenvalue weighted by Gasteiger charge is 2.44. The molecule has 2 atom stereocenters. The average molecular weight is 348 g/mol. The first-order chi connectivity index (χ1) is 9.46. The van der Waals surface area contributed by atoms with Crippen molar-refractivity contribution < 1.29 is 32.9 Å². The summed E-state index contributed by atoms with van der Waals surface area (Å²) in [7, 11) is 0.786. The zero-order valence-electron chi connectivity index (χ0n) is 12.0. The first-order valence-corrected chi connectivity index (χ1v) is 10.5. The molecule has 0 aliphatic heterocycles. The second kappa shape index (κ2) is 10.9. The average Bonchev–Trinajstić information content (AvgIpc) is 2.46. The molecule has 0 amide bonds. The fourth-order valence-electron chi connectivity index (χ4n) is 1.21. The van der Waals surface area contributed by atoms with E-state index in [9.17, 15) is 9.35 Å². The number of carbonyl (C=O) groups is 1. The molecule has 0 bridgehead atoms. The van der Waals surface area contributed by atoms with Crippen molar-refractivity contribution in [3.8, 4) is 0 Å². The van der Waals surface area contributed by atoms with Crippen LogP contribution >= 0.6 is 5.69 Å². The van der Waals surface area contributed by atoms with Crippen molar-refractivity contribution in [3.63, 3.8) is 0 Å². The van der Waals surface area contributed by atoms with Crippen LogP contribution in [0.1, 0.15) is 20.3 Å². The van der Waals surface area contributed by atoms with Crippen LogP contribution in [0.15, 0.2) is 0 Å². The van der Waals surface area contributed by atoms with Gasteiger partial charge in [0.1, 0.15) is 0 Å². The van der Waals surface area contributed by atoms with Gasteiger partial charge in [0.05, 0.1) is 19.8 Å². The summed E-state index contributed by atoms with van der Waals surface area (Å²) in [5.41, 5.74) is -3.05. The molecular formula is C10H21O7PS2. The number of hydrogen-bond donors (Lipinski definition) is 0. The van der Waals surface area contributed by atoms with Gasteiger partial charge in [0.15, 0.2) is 0 Å². The monoisotopic (exact) mass is 348 g/mol. The van der Waals surface area contributed by atoms with Gasteiger partial charge in [0.2, 0.25) is 5.25 Å². The van der Waals surface area contributed by atoms with Crippen LogP contribution in [0.25, 0.3) is 0 Å². The number of esters is 1. The Morgan fingerprint density at radius 2 is 1.85 bits per heavy atom. The summed E-state index contributed by atoms with van der Waals surface area (Å²) >= 11 is 5.09. The van der Waals surface area contributed by atoms with Crippen molar-refractivity contribution >= 4 is 34.3 Å². The normalized spacial score (nSPS) is 14.8. The Balaban J connectivity index is 4.82. The van der Waals surface area contributed by atoms with Crippen LogP contribution < -0.4 is 0 Å². The molecule has 7 nitrogen and oxygen atoms in total. The molecule has 20 heavy (non-hydrogen) atoms. The van der Waals surface area contributed by atoms with Crippen LogP contribution in [-0.4, -0.2) is 49.8 Å². The molecule has 0 fully saturated rings. The van der Waals surface area contributed by atoms with Crippen molar-refractivity contribution in [1.29, 1.82) is 0 Å². The lowest BCUT2D eigenvalue weighted by molar-refractivity contribution is -0.291. The third-order valence-electron chi connectivity index (χ3n) is 2.13. The highest BCUT2D eigenvalue weighted by Crippen LogP contribution is 2.56. The molecule has 0 N–H and O–H groups in total. The van der Waals surface area contributed by atoms with Gasteiger partial charge in [-0.2, -0.15) is 0 Å². The van der Waals surface area contributed by atoms with E-state index in [1.54, 1.807) is 13.8 Å². The third-order valence-corrected chi connectivity index (χ3v) is 9.57. The highest BCUT2D eigenvalue weighted by molar-refractivity contribution is 8.63. The molecule has 0 aliphatic carbocycles. The molecule has 2 unspecified atom stereocenters. The first kappa shape index (κ1) is 20.3. The molecule has 0 saturated heterocycles. The van der Waals surface area contributed by atoms with Crippen molar-refractivity contribution in [2.75, 3.05) is 34.0 Å². The van der Waals surface area contributed by atoms with Gasteiger partial charge in [-0.15, -0.1) is 0 Å². The number of rotatable bonds is 11. The predicted molar refractivity (Wildman–Crippen MR) is 79.1 cm³/mol. The van der Waals surface area contributed by atoms with Gasteiger partial charge >= 0.3 is 11.7 Å². The Bertz CT molecular complexity index is 321. The molecule has 0 aromatic carbocycles. The van der Waals surface area contributed by atoms with E-state index < -0.39 is 27.7 Å². The molecule has 0 spiro atoms. The van der Waals surface area contributed by atoms with E-state index in [4.69, 9.17) is 35.4 Å². The lowest BCUT2D eigenvalue weighted by Crippen LogP contribution is -2.33. The largest absolute Gasteiger partial charge is 0.610 e. The van der Waals surface area contributed by atoms with Crippen LogP contribution in [0.5, 0.6) is 0 Å². The van der Waals surface area contributed by atoms with Gasteiger partial charge in [0, 0.05) is 43.2 Å². The van der Waals surface area contributed by atoms with Gasteiger partial charge < -0.3 is 9.29 Å². The zero-order valence-corrected chi connectivity index (χ0v) is 14.6. The molecule has 0 aliphatic rings. The Morgan fingerprint density at radius 3 is 2.30 bits per heavy atom. The van der Waals surface area contributed by atoms with Crippen LogP contribution in [0, 0.1) is 0 Å². The van der Waals surface area contributed by atoms with Gasteiger partial charge in [-0.1, -0.05) is 0 Å². The summed E-state index contributed by atoms with van der Waals surface area (Å²) in [6.07, 6.45) is 0.135. The van der Waals surface area contributed by atoms with Crippen LogP contribution in [0.2, 0.25) is 0 Å². The Hall–Kier alpha value is 0.270. The lowest BCUT2D eigenvalue weighted by Gasteiger charge is -2.26. The molecule has 0 aromatic heterocycles. The minimum absolute atomic E-state index is 0.0891. The van der Waals surface area contributed by atoms with E-state index in [0.29, 0.717) is 6.61 Å². The summed E-state index contributed by atoms with van der Waals surface area (Å²) in [5.74, 6) is -0.616. The second-order valence-corrected chi connectivity index (χ2v) is 10.7. The Labute approximate surface area is 127 Å². The van der Waals surface area contributed by atoms with E-state index in [2.05, 4.69) is 0 Å². The van der Waals surface area contributed by atoms with Gasteiger partial charge in [0.25, 0.3) is 0 Å². The highest BCUT2D eigenvalue weighted by atomic mass is 33.0. The van der Waals surface area contributed by atoms with Gasteiger partial charge in [-0.3, -0.25) is 9.05 Å². The Morgan fingerprint density at radius 1 is 1.25 bits per heavy atom. The van der Waals surface area contributed by atoms with Crippen LogP contribution in [0.3, 0.4) is 0 Å². The fourth-order valence-corrected chi connectivity index (χ4v) is 5.82. The van der Waals surface area contributed by atoms with E-state index >= 15 is 0 Å². The SMILES string of the molecule is CCOOCCC(C(=O)OCC)[S+]([O-])P(=S)(OC)OC. The van der Waals surface area contributed by atoms with E-state index in [0.717, 1.165) is 0 Å². The second-order valence-electron chi connectivity index (χ2n) is 3.35. The van der Waals surface area contributed by atoms with Crippen LogP contribution in [0.4, 0.5) is 0 Å². The molecule has 120 valence electrons. The van der Waals surface area contributed by atoms with E-state index in [1.807, 2.05) is 0 Å². The summed E-state index contributed by atoms with van der Waals surface area (Å²) in [6.45, 7) is 4.07. The van der Waals surface area contributed by atoms with Crippen molar-refractivity contribution in [1.82, 2.24) is 0 Å². The first-order valence-electron chi connectivity index (χ1n) is 6.00. The van der Waals surface area contributed by atoms with E-state index in [-0.39, 0.29) is 19.6 Å². The van der Waals surface area contributed by atoms with Crippen LogP contribution in [-0.2, 0) is 51.0 Å². The maximum atomic E-state index is 12.4. The molecule has 10 heteroatoms. The third kappa shape index (κ3) is 6.36. The number of hydrogen-bond acceptors (Lipinski definition) is 8. The summed E-state index contributed by atoms with van der Waals surface area (Å²) in [4.78, 5) is 21.4. The van der Waals surface area contributed by atoms with Gasteiger partial charge in [-0.05, 0) is 13.8 Å². The predicted octanol–water partition coefficient (Wildman–Crippen LogP) is 1.54. The lowest BCUT2D eigenvalue weighted by atomic mass is 10.3.